The Morgan fingerprint density at radius 3 is 2.11 bits per heavy atom. The highest BCUT2D eigenvalue weighted by molar-refractivity contribution is 6.07. The summed E-state index contributed by atoms with van der Waals surface area (Å²) >= 11 is 0. The molecule has 1 N–H and O–H groups in total. The molecule has 0 saturated carbocycles. The predicted octanol–water partition coefficient (Wildman–Crippen LogP) is 2.64. The number of rotatable bonds is 2. The Morgan fingerprint density at radius 1 is 1.11 bits per heavy atom. The predicted molar refractivity (Wildman–Crippen MR) is 89.8 cm³/mol. The molecule has 0 atom stereocenters. The van der Waals surface area contributed by atoms with Crippen LogP contribution in [0.3, 0.4) is 0 Å². The third kappa shape index (κ3) is 3.38. The molecule has 4 amide bonds. The maximum Gasteiger partial charge on any atom is 0.416 e. The van der Waals surface area contributed by atoms with Gasteiger partial charge in [-0.15, -0.1) is 0 Å². The van der Waals surface area contributed by atoms with Gasteiger partial charge in [0, 0.05) is 24.7 Å². The number of hydrogen-bond donors (Lipinski definition) is 1. The van der Waals surface area contributed by atoms with Crippen molar-refractivity contribution < 1.29 is 27.6 Å². The number of amides is 4. The highest BCUT2D eigenvalue weighted by atomic mass is 19.4. The minimum Gasteiger partial charge on any atom is -0.338 e. The number of imide groups is 1. The highest BCUT2D eigenvalue weighted by Crippen LogP contribution is 2.32. The van der Waals surface area contributed by atoms with Crippen LogP contribution in [0.4, 0.5) is 18.0 Å². The van der Waals surface area contributed by atoms with Crippen LogP contribution in [0.5, 0.6) is 0 Å². The Balaban J connectivity index is 1.68. The molecule has 0 aromatic heterocycles. The maximum atomic E-state index is 12.6. The lowest BCUT2D eigenvalue weighted by Gasteiger charge is -2.37. The Kier molecular flexibility index (Phi) is 4.65. The van der Waals surface area contributed by atoms with Gasteiger partial charge >= 0.3 is 12.2 Å². The lowest BCUT2D eigenvalue weighted by atomic mass is 9.87. The number of carbonyl (C=O) groups is 3. The van der Waals surface area contributed by atoms with E-state index in [2.05, 4.69) is 5.32 Å². The standard InChI is InChI=1S/C18H20F3N3O3/c1-11(2)24-15(26)17(22-16(24)27)7-9-23(10-8-17)14(25)12-3-5-13(6-4-12)18(19,20)21/h3-6,11H,7-10H2,1-2H3,(H,22,27). The fourth-order valence-corrected chi connectivity index (χ4v) is 3.52. The smallest absolute Gasteiger partial charge is 0.338 e. The molecular weight excluding hydrogens is 363 g/mol. The molecule has 9 heteroatoms. The largest absolute Gasteiger partial charge is 0.416 e. The molecule has 2 saturated heterocycles. The normalized spacial score (nSPS) is 19.8. The summed E-state index contributed by atoms with van der Waals surface area (Å²) < 4.78 is 37.9. The van der Waals surface area contributed by atoms with Crippen molar-refractivity contribution in [3.63, 3.8) is 0 Å². The Morgan fingerprint density at radius 2 is 1.67 bits per heavy atom. The van der Waals surface area contributed by atoms with Crippen LogP contribution in [0, 0.1) is 0 Å². The summed E-state index contributed by atoms with van der Waals surface area (Å²) in [6, 6.07) is 3.36. The summed E-state index contributed by atoms with van der Waals surface area (Å²) in [5, 5.41) is 2.75. The number of halogens is 3. The summed E-state index contributed by atoms with van der Waals surface area (Å²) in [6.45, 7) is 3.97. The molecule has 2 fully saturated rings. The highest BCUT2D eigenvalue weighted by Gasteiger charge is 2.53. The van der Waals surface area contributed by atoms with E-state index in [4.69, 9.17) is 0 Å². The van der Waals surface area contributed by atoms with E-state index < -0.39 is 29.2 Å². The van der Waals surface area contributed by atoms with Crippen molar-refractivity contribution in [2.75, 3.05) is 13.1 Å². The molecule has 2 aliphatic heterocycles. The van der Waals surface area contributed by atoms with Gasteiger partial charge in [0.05, 0.1) is 5.56 Å². The Labute approximate surface area is 154 Å². The van der Waals surface area contributed by atoms with E-state index in [1.807, 2.05) is 0 Å². The number of nitrogens with one attached hydrogen (secondary N) is 1. The van der Waals surface area contributed by atoms with E-state index in [1.165, 1.54) is 9.80 Å². The van der Waals surface area contributed by atoms with Crippen LogP contribution in [0.1, 0.15) is 42.6 Å². The summed E-state index contributed by atoms with van der Waals surface area (Å²) in [4.78, 5) is 39.9. The summed E-state index contributed by atoms with van der Waals surface area (Å²) in [6.07, 6.45) is -3.91. The molecule has 27 heavy (non-hydrogen) atoms. The molecule has 2 aliphatic rings. The van der Waals surface area contributed by atoms with Crippen LogP contribution in [-0.4, -0.2) is 52.3 Å². The van der Waals surface area contributed by atoms with Gasteiger partial charge in [-0.3, -0.25) is 14.5 Å². The summed E-state index contributed by atoms with van der Waals surface area (Å²) in [5.74, 6) is -0.680. The first kappa shape index (κ1) is 19.2. The van der Waals surface area contributed by atoms with Gasteiger partial charge in [0.25, 0.3) is 11.8 Å². The van der Waals surface area contributed by atoms with Crippen LogP contribution in [0.2, 0.25) is 0 Å². The van der Waals surface area contributed by atoms with Crippen molar-refractivity contribution in [1.82, 2.24) is 15.1 Å². The Hall–Kier alpha value is -2.58. The Bertz CT molecular complexity index is 766. The van der Waals surface area contributed by atoms with Crippen LogP contribution in [0.25, 0.3) is 0 Å². The first-order valence-corrected chi connectivity index (χ1v) is 8.67. The zero-order valence-electron chi connectivity index (χ0n) is 15.0. The van der Waals surface area contributed by atoms with E-state index >= 15 is 0 Å². The number of likely N-dealkylation sites (tertiary alicyclic amines) is 1. The number of alkyl halides is 3. The molecule has 1 aromatic carbocycles. The van der Waals surface area contributed by atoms with Crippen LogP contribution < -0.4 is 5.32 Å². The third-order valence-electron chi connectivity index (χ3n) is 5.07. The van der Waals surface area contributed by atoms with Gasteiger partial charge in [0.1, 0.15) is 5.54 Å². The quantitative estimate of drug-likeness (QED) is 0.799. The first-order valence-electron chi connectivity index (χ1n) is 8.67. The molecule has 1 spiro atoms. The third-order valence-corrected chi connectivity index (χ3v) is 5.07. The monoisotopic (exact) mass is 383 g/mol. The second kappa shape index (κ2) is 6.54. The van der Waals surface area contributed by atoms with Gasteiger partial charge in [-0.1, -0.05) is 0 Å². The van der Waals surface area contributed by atoms with Gasteiger partial charge in [-0.2, -0.15) is 13.2 Å². The van der Waals surface area contributed by atoms with Crippen molar-refractivity contribution in [3.05, 3.63) is 35.4 Å². The number of nitrogens with zero attached hydrogens (tertiary/aromatic N) is 2. The summed E-state index contributed by atoms with van der Waals surface area (Å²) in [7, 11) is 0. The molecule has 1 aromatic rings. The van der Waals surface area contributed by atoms with Crippen molar-refractivity contribution in [2.45, 2.75) is 44.4 Å². The van der Waals surface area contributed by atoms with Gasteiger partial charge in [0.15, 0.2) is 0 Å². The number of piperidine rings is 1. The summed E-state index contributed by atoms with van der Waals surface area (Å²) in [5.41, 5.74) is -1.66. The lowest BCUT2D eigenvalue weighted by Crippen LogP contribution is -2.56. The van der Waals surface area contributed by atoms with E-state index in [9.17, 15) is 27.6 Å². The van der Waals surface area contributed by atoms with Gasteiger partial charge in [-0.25, -0.2) is 4.79 Å². The van der Waals surface area contributed by atoms with Gasteiger partial charge < -0.3 is 10.2 Å². The van der Waals surface area contributed by atoms with Gasteiger partial charge in [0.2, 0.25) is 0 Å². The molecule has 0 radical (unpaired) electrons. The molecule has 3 rings (SSSR count). The topological polar surface area (TPSA) is 69.7 Å². The van der Waals surface area contributed by atoms with E-state index in [0.29, 0.717) is 0 Å². The minimum atomic E-state index is -4.46. The number of hydrogen-bond acceptors (Lipinski definition) is 3. The van der Waals surface area contributed by atoms with Crippen molar-refractivity contribution in [2.24, 2.45) is 0 Å². The lowest BCUT2D eigenvalue weighted by molar-refractivity contribution is -0.137. The second-order valence-electron chi connectivity index (χ2n) is 7.15. The second-order valence-corrected chi connectivity index (χ2v) is 7.15. The SMILES string of the molecule is CC(C)N1C(=O)NC2(CCN(C(=O)c3ccc(C(F)(F)F)cc3)CC2)C1=O. The first-order chi connectivity index (χ1) is 12.5. The minimum absolute atomic E-state index is 0.157. The molecule has 0 bridgehead atoms. The van der Waals surface area contributed by atoms with E-state index in [1.54, 1.807) is 13.8 Å². The fourth-order valence-electron chi connectivity index (χ4n) is 3.52. The molecule has 0 unspecified atom stereocenters. The average Bonchev–Trinajstić information content (AvgIpc) is 2.84. The number of urea groups is 1. The molecule has 6 nitrogen and oxygen atoms in total. The average molecular weight is 383 g/mol. The zero-order valence-corrected chi connectivity index (χ0v) is 15.0. The number of carbonyl (C=O) groups excluding carboxylic acids is 3. The van der Waals surface area contributed by atoms with Crippen molar-refractivity contribution in [1.29, 1.82) is 0 Å². The molecule has 146 valence electrons. The van der Waals surface area contributed by atoms with E-state index in [-0.39, 0.29) is 43.4 Å². The van der Waals surface area contributed by atoms with Crippen molar-refractivity contribution >= 4 is 17.8 Å². The fraction of sp³-hybridized carbons (Fsp3) is 0.500. The molecule has 0 aliphatic carbocycles. The zero-order chi connectivity index (χ0) is 20.0. The number of benzene rings is 1. The van der Waals surface area contributed by atoms with Crippen LogP contribution in [-0.2, 0) is 11.0 Å². The van der Waals surface area contributed by atoms with E-state index in [0.717, 1.165) is 24.3 Å². The molecule has 2 heterocycles. The van der Waals surface area contributed by atoms with Crippen molar-refractivity contribution in [3.8, 4) is 0 Å². The van der Waals surface area contributed by atoms with Crippen LogP contribution >= 0.6 is 0 Å². The molecular formula is C18H20F3N3O3. The van der Waals surface area contributed by atoms with Crippen LogP contribution in [0.15, 0.2) is 24.3 Å². The van der Waals surface area contributed by atoms with Gasteiger partial charge in [-0.05, 0) is 51.0 Å². The maximum absolute atomic E-state index is 12.6.